The maximum absolute atomic E-state index is 12.6. The van der Waals surface area contributed by atoms with Gasteiger partial charge in [0.05, 0.1) is 32.4 Å². The van der Waals surface area contributed by atoms with Gasteiger partial charge in [0.1, 0.15) is 0 Å². The Kier molecular flexibility index (Phi) is 5.67. The molecule has 0 saturated carbocycles. The molecule has 1 aliphatic heterocycles. The average molecular weight is 331 g/mol. The predicted molar refractivity (Wildman–Crippen MR) is 95.0 cm³/mol. The zero-order valence-corrected chi connectivity index (χ0v) is 16.8. The van der Waals surface area contributed by atoms with Gasteiger partial charge in [0.2, 0.25) is 0 Å². The number of hydrogen-bond donors (Lipinski definition) is 1. The third-order valence-corrected chi connectivity index (χ3v) is 6.25. The summed E-state index contributed by atoms with van der Waals surface area (Å²) in [5, 5.41) is 0. The smallest absolute Gasteiger partial charge is 0.402 e. The quantitative estimate of drug-likeness (QED) is 0.785. The molecule has 0 aliphatic carbocycles. The number of hydrogen-bond acceptors (Lipinski definition) is 3. The third kappa shape index (κ3) is 4.34. The van der Waals surface area contributed by atoms with E-state index in [4.69, 9.17) is 9.31 Å². The lowest BCUT2D eigenvalue weighted by atomic mass is 9.62. The molecule has 1 heterocycles. The van der Waals surface area contributed by atoms with E-state index in [0.717, 1.165) is 6.42 Å². The Morgan fingerprint density at radius 2 is 1.45 bits per heavy atom. The van der Waals surface area contributed by atoms with E-state index in [0.29, 0.717) is 5.92 Å². The highest BCUT2D eigenvalue weighted by atomic mass is 32.2. The van der Waals surface area contributed by atoms with E-state index >= 15 is 0 Å². The molecule has 1 fully saturated rings. The Bertz CT molecular complexity index is 416. The van der Waals surface area contributed by atoms with Crippen molar-refractivity contribution in [2.24, 2.45) is 5.92 Å². The van der Waals surface area contributed by atoms with Gasteiger partial charge in [0.25, 0.3) is 0 Å². The van der Waals surface area contributed by atoms with E-state index in [1.165, 1.54) is 0 Å². The first kappa shape index (κ1) is 20.1. The molecule has 1 rings (SSSR count). The van der Waals surface area contributed by atoms with Crippen LogP contribution in [0.4, 0.5) is 0 Å². The zero-order chi connectivity index (χ0) is 17.6. The maximum atomic E-state index is 12.6. The molecule has 1 aliphatic rings. The Hall–Kier alpha value is 0.0949. The van der Waals surface area contributed by atoms with Gasteiger partial charge in [-0.1, -0.05) is 13.8 Å². The second-order valence-corrected chi connectivity index (χ2v) is 11.1. The highest BCUT2D eigenvalue weighted by Gasteiger charge is 2.58. The monoisotopic (exact) mass is 331 g/mol. The van der Waals surface area contributed by atoms with Crippen LogP contribution in [0.3, 0.4) is 0 Å². The van der Waals surface area contributed by atoms with Gasteiger partial charge < -0.3 is 9.31 Å². The molecule has 0 amide bonds. The molecule has 2 atom stereocenters. The molecular weight excluding hydrogens is 297 g/mol. The summed E-state index contributed by atoms with van der Waals surface area (Å²) in [7, 11) is -1.60. The molecule has 6 heteroatoms. The van der Waals surface area contributed by atoms with Crippen LogP contribution in [-0.4, -0.2) is 32.7 Å². The van der Waals surface area contributed by atoms with Crippen LogP contribution >= 0.6 is 0 Å². The topological polar surface area (TPSA) is 47.6 Å². The van der Waals surface area contributed by atoms with Crippen molar-refractivity contribution in [2.75, 3.05) is 0 Å². The molecule has 0 aromatic rings. The molecule has 130 valence electrons. The molecule has 0 bridgehead atoms. The van der Waals surface area contributed by atoms with Gasteiger partial charge in [-0.25, -0.2) is 8.93 Å². The van der Waals surface area contributed by atoms with Gasteiger partial charge in [-0.2, -0.15) is 0 Å². The van der Waals surface area contributed by atoms with E-state index in [9.17, 15) is 4.21 Å². The first-order chi connectivity index (χ1) is 9.61. The normalized spacial score (nSPS) is 25.3. The Labute approximate surface area is 139 Å². The summed E-state index contributed by atoms with van der Waals surface area (Å²) in [6.07, 6.45) is 0.825. The van der Waals surface area contributed by atoms with Crippen LogP contribution < -0.4 is 4.72 Å². The largest absolute Gasteiger partial charge is 0.480 e. The molecule has 0 radical (unpaired) electrons. The van der Waals surface area contributed by atoms with Gasteiger partial charge >= 0.3 is 7.12 Å². The lowest BCUT2D eigenvalue weighted by Crippen LogP contribution is -2.59. The minimum Gasteiger partial charge on any atom is -0.402 e. The van der Waals surface area contributed by atoms with Crippen molar-refractivity contribution in [3.05, 3.63) is 0 Å². The van der Waals surface area contributed by atoms with Crippen molar-refractivity contribution in [1.82, 2.24) is 4.72 Å². The zero-order valence-electron chi connectivity index (χ0n) is 16.0. The summed E-state index contributed by atoms with van der Waals surface area (Å²) in [6, 6.07) is 0. The fourth-order valence-electron chi connectivity index (χ4n) is 2.50. The van der Waals surface area contributed by atoms with Crippen molar-refractivity contribution in [2.45, 2.75) is 97.0 Å². The SMILES string of the molecule is CC(C)C[C@](C)(N[S@](=O)C(C)(C)C)B1OC(C)(C)C(C)(C)O1. The number of nitrogens with one attached hydrogen (secondary N) is 1. The predicted octanol–water partition coefficient (Wildman–Crippen LogP) is 3.47. The molecule has 1 saturated heterocycles. The first-order valence-electron chi connectivity index (χ1n) is 8.16. The van der Waals surface area contributed by atoms with Crippen molar-refractivity contribution in [3.63, 3.8) is 0 Å². The van der Waals surface area contributed by atoms with Crippen LogP contribution in [0.5, 0.6) is 0 Å². The minimum atomic E-state index is -1.18. The highest BCUT2D eigenvalue weighted by Crippen LogP contribution is 2.41. The molecule has 0 aromatic heterocycles. The summed E-state index contributed by atoms with van der Waals surface area (Å²) < 4.78 is 28.1. The summed E-state index contributed by atoms with van der Waals surface area (Å²) in [4.78, 5) is 0. The van der Waals surface area contributed by atoms with Crippen molar-refractivity contribution in [3.8, 4) is 0 Å². The van der Waals surface area contributed by atoms with E-state index in [1.54, 1.807) is 0 Å². The molecule has 4 nitrogen and oxygen atoms in total. The van der Waals surface area contributed by atoms with Crippen LogP contribution in [-0.2, 0) is 20.3 Å². The Morgan fingerprint density at radius 1 is 1.05 bits per heavy atom. The van der Waals surface area contributed by atoms with Crippen LogP contribution in [0, 0.1) is 5.92 Å². The minimum absolute atomic E-state index is 0.331. The van der Waals surface area contributed by atoms with Crippen LogP contribution in [0.25, 0.3) is 0 Å². The standard InChI is InChI=1S/C16H34BNO3S/c1-12(2)11-16(10,18-22(19)13(3,4)5)17-20-14(6,7)15(8,9)21-17/h12,18H,11H2,1-10H3/t16-,22+/m0/s1. The van der Waals surface area contributed by atoms with Crippen molar-refractivity contribution < 1.29 is 13.5 Å². The van der Waals surface area contributed by atoms with Gasteiger partial charge in [-0.15, -0.1) is 0 Å². The lowest BCUT2D eigenvalue weighted by Gasteiger charge is -2.36. The molecule has 1 N–H and O–H groups in total. The van der Waals surface area contributed by atoms with Gasteiger partial charge in [-0.3, -0.25) is 0 Å². The summed E-state index contributed by atoms with van der Waals surface area (Å²) in [6.45, 7) is 20.5. The summed E-state index contributed by atoms with van der Waals surface area (Å²) in [5.74, 6) is 0.438. The summed E-state index contributed by atoms with van der Waals surface area (Å²) >= 11 is 0. The second-order valence-electron chi connectivity index (χ2n) is 9.09. The van der Waals surface area contributed by atoms with Gasteiger partial charge in [0, 0.05) is 0 Å². The van der Waals surface area contributed by atoms with E-state index in [-0.39, 0.29) is 15.9 Å². The van der Waals surface area contributed by atoms with Crippen LogP contribution in [0.2, 0.25) is 0 Å². The maximum Gasteiger partial charge on any atom is 0.480 e. The van der Waals surface area contributed by atoms with Crippen molar-refractivity contribution >= 4 is 18.1 Å². The lowest BCUT2D eigenvalue weighted by molar-refractivity contribution is 0.00578. The van der Waals surface area contributed by atoms with Gasteiger partial charge in [0.15, 0.2) is 0 Å². The molecular formula is C16H34BNO3S. The Balaban J connectivity index is 3.06. The number of rotatable bonds is 5. The van der Waals surface area contributed by atoms with Crippen LogP contribution in [0.15, 0.2) is 0 Å². The fraction of sp³-hybridized carbons (Fsp3) is 1.00. The molecule has 0 unspecified atom stereocenters. The van der Waals surface area contributed by atoms with E-state index in [2.05, 4.69) is 25.5 Å². The third-order valence-electron chi connectivity index (χ3n) is 4.49. The van der Waals surface area contributed by atoms with Crippen molar-refractivity contribution in [1.29, 1.82) is 0 Å². The highest BCUT2D eigenvalue weighted by molar-refractivity contribution is 7.84. The Morgan fingerprint density at radius 3 is 1.77 bits per heavy atom. The molecule has 0 spiro atoms. The summed E-state index contributed by atoms with van der Waals surface area (Å²) in [5.41, 5.74) is -1.28. The fourth-order valence-corrected chi connectivity index (χ4v) is 3.41. The van der Waals surface area contributed by atoms with Gasteiger partial charge in [-0.05, 0) is 67.7 Å². The molecule has 22 heavy (non-hydrogen) atoms. The second kappa shape index (κ2) is 6.19. The molecule has 0 aromatic carbocycles. The van der Waals surface area contributed by atoms with Crippen LogP contribution in [0.1, 0.15) is 75.7 Å². The van der Waals surface area contributed by atoms with E-state index < -0.39 is 23.5 Å². The first-order valence-corrected chi connectivity index (χ1v) is 9.31. The average Bonchev–Trinajstić information content (AvgIpc) is 2.45. The van der Waals surface area contributed by atoms with E-state index in [1.807, 2.05) is 48.5 Å².